The van der Waals surface area contributed by atoms with Crippen molar-refractivity contribution < 1.29 is 17.9 Å². The fourth-order valence-corrected chi connectivity index (χ4v) is 3.74. The Hall–Kier alpha value is -2.15. The number of imidazole rings is 1. The predicted molar refractivity (Wildman–Crippen MR) is 82.2 cm³/mol. The Balaban J connectivity index is 2.84. The van der Waals surface area contributed by atoms with Crippen LogP contribution in [0.25, 0.3) is 5.69 Å². The highest BCUT2D eigenvalue weighted by molar-refractivity contribution is 7.90. The number of ether oxygens (including phenoxy) is 1. The highest BCUT2D eigenvalue weighted by atomic mass is 32.2. The standard InChI is InChI=1S/C15H18N2O4S/c1-9-8-17(11(3)16-9)13-7-6-12(15(18)21-4)10(2)14(13)22(5,19)20/h6-8H,1-5H3. The first kappa shape index (κ1) is 16.2. The molecular formula is C15H18N2O4S. The van der Waals surface area contributed by atoms with Crippen LogP contribution in [0.5, 0.6) is 0 Å². The summed E-state index contributed by atoms with van der Waals surface area (Å²) in [5.74, 6) is 0.111. The van der Waals surface area contributed by atoms with Gasteiger partial charge in [0.1, 0.15) is 5.82 Å². The molecule has 0 atom stereocenters. The Morgan fingerprint density at radius 1 is 1.23 bits per heavy atom. The lowest BCUT2D eigenvalue weighted by molar-refractivity contribution is 0.0599. The van der Waals surface area contributed by atoms with Crippen molar-refractivity contribution in [3.63, 3.8) is 0 Å². The molecule has 22 heavy (non-hydrogen) atoms. The summed E-state index contributed by atoms with van der Waals surface area (Å²) in [6, 6.07) is 3.17. The largest absolute Gasteiger partial charge is 0.465 e. The maximum absolute atomic E-state index is 12.2. The van der Waals surface area contributed by atoms with Gasteiger partial charge in [-0.25, -0.2) is 18.2 Å². The smallest absolute Gasteiger partial charge is 0.338 e. The summed E-state index contributed by atoms with van der Waals surface area (Å²) in [5, 5.41) is 0. The topological polar surface area (TPSA) is 78.3 Å². The summed E-state index contributed by atoms with van der Waals surface area (Å²) in [5.41, 5.74) is 1.87. The lowest BCUT2D eigenvalue weighted by atomic mass is 10.1. The summed E-state index contributed by atoms with van der Waals surface area (Å²) in [6.45, 7) is 5.23. The van der Waals surface area contributed by atoms with Crippen LogP contribution >= 0.6 is 0 Å². The zero-order chi connectivity index (χ0) is 16.7. The molecule has 1 aromatic heterocycles. The third-order valence-electron chi connectivity index (χ3n) is 3.42. The lowest BCUT2D eigenvalue weighted by Crippen LogP contribution is -2.13. The summed E-state index contributed by atoms with van der Waals surface area (Å²) in [7, 11) is -2.28. The average Bonchev–Trinajstić information content (AvgIpc) is 2.74. The molecule has 0 aliphatic carbocycles. The van der Waals surface area contributed by atoms with Gasteiger partial charge in [0.05, 0.1) is 29.0 Å². The van der Waals surface area contributed by atoms with Crippen molar-refractivity contribution in [2.24, 2.45) is 0 Å². The van der Waals surface area contributed by atoms with E-state index in [0.717, 1.165) is 11.9 Å². The minimum Gasteiger partial charge on any atom is -0.465 e. The van der Waals surface area contributed by atoms with E-state index >= 15 is 0 Å². The van der Waals surface area contributed by atoms with E-state index in [9.17, 15) is 13.2 Å². The van der Waals surface area contributed by atoms with E-state index in [1.54, 1.807) is 36.7 Å². The first-order valence-electron chi connectivity index (χ1n) is 6.61. The number of aryl methyl sites for hydroxylation is 2. The second-order valence-corrected chi connectivity index (χ2v) is 7.10. The maximum atomic E-state index is 12.2. The number of aromatic nitrogens is 2. The molecule has 0 unspecified atom stereocenters. The molecule has 0 saturated heterocycles. The molecule has 0 spiro atoms. The van der Waals surface area contributed by atoms with Gasteiger partial charge in [-0.2, -0.15) is 0 Å². The van der Waals surface area contributed by atoms with Crippen molar-refractivity contribution in [1.29, 1.82) is 0 Å². The summed E-state index contributed by atoms with van der Waals surface area (Å²) < 4.78 is 30.9. The second-order valence-electron chi connectivity index (χ2n) is 5.15. The van der Waals surface area contributed by atoms with Gasteiger partial charge in [0.25, 0.3) is 0 Å². The lowest BCUT2D eigenvalue weighted by Gasteiger charge is -2.15. The number of hydrogen-bond acceptors (Lipinski definition) is 5. The Bertz CT molecular complexity index is 851. The molecule has 1 heterocycles. The van der Waals surface area contributed by atoms with Gasteiger partial charge in [0, 0.05) is 12.5 Å². The first-order valence-corrected chi connectivity index (χ1v) is 8.51. The van der Waals surface area contributed by atoms with Crippen molar-refractivity contribution in [2.75, 3.05) is 13.4 Å². The van der Waals surface area contributed by atoms with Gasteiger partial charge in [0.2, 0.25) is 0 Å². The molecule has 0 bridgehead atoms. The zero-order valence-electron chi connectivity index (χ0n) is 13.2. The predicted octanol–water partition coefficient (Wildman–Crippen LogP) is 1.99. The normalized spacial score (nSPS) is 11.5. The Kier molecular flexibility index (Phi) is 4.10. The van der Waals surface area contributed by atoms with E-state index < -0.39 is 15.8 Å². The van der Waals surface area contributed by atoms with E-state index in [-0.39, 0.29) is 10.5 Å². The van der Waals surface area contributed by atoms with E-state index in [1.807, 2.05) is 6.92 Å². The minimum atomic E-state index is -3.54. The van der Waals surface area contributed by atoms with Gasteiger partial charge in [-0.1, -0.05) is 0 Å². The van der Waals surface area contributed by atoms with Crippen LogP contribution in [0.3, 0.4) is 0 Å². The van der Waals surface area contributed by atoms with Crippen LogP contribution in [0.15, 0.2) is 23.2 Å². The maximum Gasteiger partial charge on any atom is 0.338 e. The Morgan fingerprint density at radius 2 is 1.86 bits per heavy atom. The average molecular weight is 322 g/mol. The number of carbonyl (C=O) groups is 1. The molecule has 6 nitrogen and oxygen atoms in total. The monoisotopic (exact) mass is 322 g/mol. The number of benzene rings is 1. The van der Waals surface area contributed by atoms with Gasteiger partial charge in [0.15, 0.2) is 9.84 Å². The highest BCUT2D eigenvalue weighted by Crippen LogP contribution is 2.28. The molecule has 118 valence electrons. The van der Waals surface area contributed by atoms with Crippen LogP contribution < -0.4 is 0 Å². The molecule has 0 radical (unpaired) electrons. The van der Waals surface area contributed by atoms with Crippen molar-refractivity contribution >= 4 is 15.8 Å². The molecule has 0 aliphatic rings. The second kappa shape index (κ2) is 5.57. The molecular weight excluding hydrogens is 304 g/mol. The number of esters is 1. The van der Waals surface area contributed by atoms with Crippen LogP contribution in [0.2, 0.25) is 0 Å². The summed E-state index contributed by atoms with van der Waals surface area (Å²) in [6.07, 6.45) is 2.88. The third kappa shape index (κ3) is 2.76. The quantitative estimate of drug-likeness (QED) is 0.808. The molecule has 7 heteroatoms. The van der Waals surface area contributed by atoms with Crippen molar-refractivity contribution in [3.8, 4) is 5.69 Å². The molecule has 0 aliphatic heterocycles. The number of nitrogens with zero attached hydrogens (tertiary/aromatic N) is 2. The molecule has 0 N–H and O–H groups in total. The van der Waals surface area contributed by atoms with Gasteiger partial charge in [-0.3, -0.25) is 0 Å². The fraction of sp³-hybridized carbons (Fsp3) is 0.333. The van der Waals surface area contributed by atoms with E-state index in [0.29, 0.717) is 17.1 Å². The Morgan fingerprint density at radius 3 is 2.32 bits per heavy atom. The summed E-state index contributed by atoms with van der Waals surface area (Å²) in [4.78, 5) is 16.2. The van der Waals surface area contributed by atoms with Gasteiger partial charge in [-0.05, 0) is 38.5 Å². The fourth-order valence-electron chi connectivity index (χ4n) is 2.53. The van der Waals surface area contributed by atoms with Gasteiger partial charge in [-0.15, -0.1) is 0 Å². The molecule has 0 saturated carbocycles. The highest BCUT2D eigenvalue weighted by Gasteiger charge is 2.23. The first-order chi connectivity index (χ1) is 10.2. The van der Waals surface area contributed by atoms with Crippen LogP contribution in [-0.2, 0) is 14.6 Å². The SMILES string of the molecule is COC(=O)c1ccc(-n2cc(C)nc2C)c(S(C)(=O)=O)c1C. The number of carbonyl (C=O) groups excluding carboxylic acids is 1. The summed E-state index contributed by atoms with van der Waals surface area (Å²) >= 11 is 0. The van der Waals surface area contributed by atoms with Crippen molar-refractivity contribution in [1.82, 2.24) is 9.55 Å². The van der Waals surface area contributed by atoms with Crippen LogP contribution in [-0.4, -0.2) is 37.3 Å². The minimum absolute atomic E-state index is 0.107. The van der Waals surface area contributed by atoms with Crippen LogP contribution in [0, 0.1) is 20.8 Å². The van der Waals surface area contributed by atoms with Crippen LogP contribution in [0.4, 0.5) is 0 Å². The van der Waals surface area contributed by atoms with Crippen molar-refractivity contribution in [3.05, 3.63) is 41.0 Å². The number of rotatable bonds is 3. The molecule has 2 rings (SSSR count). The van der Waals surface area contributed by atoms with Crippen LogP contribution in [0.1, 0.15) is 27.4 Å². The third-order valence-corrected chi connectivity index (χ3v) is 4.68. The molecule has 0 amide bonds. The Labute approximate surface area is 129 Å². The van der Waals surface area contributed by atoms with Crippen molar-refractivity contribution in [2.45, 2.75) is 25.7 Å². The molecule has 1 aromatic carbocycles. The molecule has 0 fully saturated rings. The number of methoxy groups -OCH3 is 1. The number of hydrogen-bond donors (Lipinski definition) is 0. The van der Waals surface area contributed by atoms with Gasteiger partial charge < -0.3 is 9.30 Å². The number of sulfone groups is 1. The van der Waals surface area contributed by atoms with E-state index in [2.05, 4.69) is 4.98 Å². The zero-order valence-corrected chi connectivity index (χ0v) is 14.0. The van der Waals surface area contributed by atoms with Gasteiger partial charge >= 0.3 is 5.97 Å². The van der Waals surface area contributed by atoms with E-state index in [1.165, 1.54) is 7.11 Å². The molecule has 2 aromatic rings. The van der Waals surface area contributed by atoms with E-state index in [4.69, 9.17) is 4.74 Å².